The number of likely N-dealkylation sites (N-methyl/N-ethyl adjacent to an activating group) is 1. The highest BCUT2D eigenvalue weighted by molar-refractivity contribution is 5.98. The molecule has 1 saturated heterocycles. The molecule has 2 aromatic heterocycles. The third-order valence-electron chi connectivity index (χ3n) is 4.57. The summed E-state index contributed by atoms with van der Waals surface area (Å²) in [6, 6.07) is 15.3. The molecule has 0 atom stereocenters. The lowest BCUT2D eigenvalue weighted by Crippen LogP contribution is -2.47. The van der Waals surface area contributed by atoms with Gasteiger partial charge < -0.3 is 9.80 Å². The Bertz CT molecular complexity index is 885. The van der Waals surface area contributed by atoms with E-state index in [-0.39, 0.29) is 5.91 Å². The summed E-state index contributed by atoms with van der Waals surface area (Å²) >= 11 is 0. The molecule has 1 aromatic carbocycles. The molecule has 0 radical (unpaired) electrons. The van der Waals surface area contributed by atoms with Gasteiger partial charge in [0.1, 0.15) is 5.69 Å². The van der Waals surface area contributed by atoms with Crippen molar-refractivity contribution < 1.29 is 4.79 Å². The Hall–Kier alpha value is -3.06. The van der Waals surface area contributed by atoms with Gasteiger partial charge in [-0.1, -0.05) is 29.5 Å². The van der Waals surface area contributed by atoms with E-state index in [1.165, 1.54) is 0 Å². The number of carbonyl (C=O) groups excluding carboxylic acids is 1. The number of nitrogens with zero attached hydrogens (tertiary/aromatic N) is 6. The molecule has 132 valence electrons. The van der Waals surface area contributed by atoms with Crippen molar-refractivity contribution in [1.82, 2.24) is 29.8 Å². The maximum Gasteiger partial charge on any atom is 0.276 e. The molecule has 7 heteroatoms. The average Bonchev–Trinajstić information content (AvgIpc) is 3.14. The van der Waals surface area contributed by atoms with E-state index in [1.807, 2.05) is 53.4 Å². The molecule has 3 aromatic rings. The van der Waals surface area contributed by atoms with Gasteiger partial charge in [-0.2, -0.15) is 0 Å². The van der Waals surface area contributed by atoms with Gasteiger partial charge in [0.05, 0.1) is 11.4 Å². The first-order valence-corrected chi connectivity index (χ1v) is 8.64. The van der Waals surface area contributed by atoms with Gasteiger partial charge >= 0.3 is 0 Å². The van der Waals surface area contributed by atoms with Crippen LogP contribution < -0.4 is 0 Å². The lowest BCUT2D eigenvalue weighted by atomic mass is 10.2. The van der Waals surface area contributed by atoms with Gasteiger partial charge in [-0.3, -0.25) is 9.78 Å². The van der Waals surface area contributed by atoms with Crippen LogP contribution >= 0.6 is 0 Å². The largest absolute Gasteiger partial charge is 0.335 e. The number of pyridine rings is 1. The molecular weight excluding hydrogens is 328 g/mol. The Labute approximate surface area is 151 Å². The molecule has 1 aliphatic heterocycles. The van der Waals surface area contributed by atoms with Crippen molar-refractivity contribution >= 4 is 5.91 Å². The average molecular weight is 348 g/mol. The third kappa shape index (κ3) is 3.09. The number of carbonyl (C=O) groups is 1. The van der Waals surface area contributed by atoms with Crippen LogP contribution in [0.4, 0.5) is 0 Å². The van der Waals surface area contributed by atoms with E-state index in [9.17, 15) is 4.79 Å². The molecule has 0 N–H and O–H groups in total. The number of hydrogen-bond acceptors (Lipinski definition) is 5. The first kappa shape index (κ1) is 16.4. The van der Waals surface area contributed by atoms with Crippen molar-refractivity contribution in [3.8, 4) is 17.1 Å². The molecule has 7 nitrogen and oxygen atoms in total. The van der Waals surface area contributed by atoms with E-state index in [0.717, 1.165) is 18.8 Å². The van der Waals surface area contributed by atoms with Gasteiger partial charge in [-0.25, -0.2) is 4.68 Å². The fourth-order valence-electron chi connectivity index (χ4n) is 3.07. The highest BCUT2D eigenvalue weighted by Crippen LogP contribution is 2.24. The number of amides is 1. The van der Waals surface area contributed by atoms with E-state index in [0.29, 0.717) is 30.2 Å². The van der Waals surface area contributed by atoms with E-state index in [2.05, 4.69) is 27.2 Å². The smallest absolute Gasteiger partial charge is 0.276 e. The van der Waals surface area contributed by atoms with Crippen LogP contribution in [0.5, 0.6) is 0 Å². The third-order valence-corrected chi connectivity index (χ3v) is 4.57. The van der Waals surface area contributed by atoms with Crippen LogP contribution in [-0.2, 0) is 0 Å². The fraction of sp³-hybridized carbons (Fsp3) is 0.263. The Morgan fingerprint density at radius 1 is 0.962 bits per heavy atom. The summed E-state index contributed by atoms with van der Waals surface area (Å²) in [6.07, 6.45) is 1.71. The van der Waals surface area contributed by atoms with Crippen LogP contribution in [-0.4, -0.2) is 68.9 Å². The highest BCUT2D eigenvalue weighted by atomic mass is 16.2. The molecule has 1 aliphatic rings. The van der Waals surface area contributed by atoms with Gasteiger partial charge in [0.2, 0.25) is 0 Å². The maximum absolute atomic E-state index is 13.1. The summed E-state index contributed by atoms with van der Waals surface area (Å²) < 4.78 is 1.69. The second kappa shape index (κ2) is 7.05. The van der Waals surface area contributed by atoms with E-state index in [1.54, 1.807) is 10.9 Å². The van der Waals surface area contributed by atoms with Gasteiger partial charge in [0.15, 0.2) is 5.69 Å². The second-order valence-electron chi connectivity index (χ2n) is 6.34. The minimum atomic E-state index is -0.0964. The zero-order valence-electron chi connectivity index (χ0n) is 14.6. The van der Waals surface area contributed by atoms with Crippen molar-refractivity contribution in [3.63, 3.8) is 0 Å². The van der Waals surface area contributed by atoms with Gasteiger partial charge in [0.25, 0.3) is 5.91 Å². The van der Waals surface area contributed by atoms with Crippen molar-refractivity contribution in [2.24, 2.45) is 0 Å². The lowest BCUT2D eigenvalue weighted by molar-refractivity contribution is 0.0659. The zero-order valence-corrected chi connectivity index (χ0v) is 14.6. The molecule has 1 fully saturated rings. The second-order valence-corrected chi connectivity index (χ2v) is 6.34. The molecule has 0 unspecified atom stereocenters. The van der Waals surface area contributed by atoms with E-state index >= 15 is 0 Å². The first-order chi connectivity index (χ1) is 12.7. The quantitative estimate of drug-likeness (QED) is 0.721. The lowest BCUT2D eigenvalue weighted by Gasteiger charge is -2.32. The Morgan fingerprint density at radius 2 is 1.69 bits per heavy atom. The summed E-state index contributed by atoms with van der Waals surface area (Å²) in [7, 11) is 2.06. The predicted molar refractivity (Wildman–Crippen MR) is 98.0 cm³/mol. The van der Waals surface area contributed by atoms with Crippen molar-refractivity contribution in [1.29, 1.82) is 0 Å². The SMILES string of the molecule is CN1CCN(C(=O)c2nnn(-c3ccccc3)c2-c2ccccn2)CC1. The number of benzene rings is 1. The highest BCUT2D eigenvalue weighted by Gasteiger charge is 2.28. The summed E-state index contributed by atoms with van der Waals surface area (Å²) in [5, 5.41) is 8.49. The van der Waals surface area contributed by atoms with Gasteiger partial charge in [-0.05, 0) is 31.3 Å². The van der Waals surface area contributed by atoms with Crippen molar-refractivity contribution in [2.75, 3.05) is 33.2 Å². The molecule has 0 spiro atoms. The van der Waals surface area contributed by atoms with Crippen molar-refractivity contribution in [2.45, 2.75) is 0 Å². The van der Waals surface area contributed by atoms with Crippen LogP contribution in [0, 0.1) is 0 Å². The number of piperazine rings is 1. The van der Waals surface area contributed by atoms with Crippen LogP contribution in [0.1, 0.15) is 10.5 Å². The van der Waals surface area contributed by atoms with Crippen LogP contribution in [0.2, 0.25) is 0 Å². The Morgan fingerprint density at radius 3 is 2.38 bits per heavy atom. The molecule has 0 aliphatic carbocycles. The van der Waals surface area contributed by atoms with Gasteiger partial charge in [0, 0.05) is 32.4 Å². The van der Waals surface area contributed by atoms with Gasteiger partial charge in [-0.15, -0.1) is 5.10 Å². The molecule has 0 saturated carbocycles. The topological polar surface area (TPSA) is 67.2 Å². The number of rotatable bonds is 3. The summed E-state index contributed by atoms with van der Waals surface area (Å²) in [6.45, 7) is 3.10. The Kier molecular flexibility index (Phi) is 4.45. The standard InChI is InChI=1S/C19H20N6O/c1-23-11-13-24(14-12-23)19(26)17-18(16-9-5-6-10-20-16)25(22-21-17)15-7-3-2-4-8-15/h2-10H,11-14H2,1H3. The number of para-hydroxylation sites is 1. The number of aromatic nitrogens is 4. The number of hydrogen-bond donors (Lipinski definition) is 0. The van der Waals surface area contributed by atoms with Crippen LogP contribution in [0.15, 0.2) is 54.7 Å². The minimum Gasteiger partial charge on any atom is -0.335 e. The molecule has 26 heavy (non-hydrogen) atoms. The van der Waals surface area contributed by atoms with Crippen molar-refractivity contribution in [3.05, 3.63) is 60.4 Å². The summed E-state index contributed by atoms with van der Waals surface area (Å²) in [5.41, 5.74) is 2.50. The first-order valence-electron chi connectivity index (χ1n) is 8.64. The fourth-order valence-corrected chi connectivity index (χ4v) is 3.07. The molecule has 1 amide bonds. The zero-order chi connectivity index (χ0) is 17.9. The predicted octanol–water partition coefficient (Wildman–Crippen LogP) is 1.72. The van der Waals surface area contributed by atoms with Crippen LogP contribution in [0.3, 0.4) is 0 Å². The normalized spacial score (nSPS) is 15.2. The molecule has 0 bridgehead atoms. The molecule has 3 heterocycles. The monoisotopic (exact) mass is 348 g/mol. The molecule has 4 rings (SSSR count). The molecular formula is C19H20N6O. The summed E-state index contributed by atoms with van der Waals surface area (Å²) in [5.74, 6) is -0.0964. The van der Waals surface area contributed by atoms with E-state index < -0.39 is 0 Å². The Balaban J connectivity index is 1.78. The maximum atomic E-state index is 13.1. The van der Waals surface area contributed by atoms with Crippen LogP contribution in [0.25, 0.3) is 17.1 Å². The summed E-state index contributed by atoms with van der Waals surface area (Å²) in [4.78, 5) is 21.6. The minimum absolute atomic E-state index is 0.0964. The van der Waals surface area contributed by atoms with E-state index in [4.69, 9.17) is 0 Å².